The van der Waals surface area contributed by atoms with Gasteiger partial charge in [0.25, 0.3) is 0 Å². The summed E-state index contributed by atoms with van der Waals surface area (Å²) in [6.07, 6.45) is 0. The largest absolute Gasteiger partial charge is 0.378 e. The smallest absolute Gasteiger partial charge is 0.230 e. The van der Waals surface area contributed by atoms with E-state index in [9.17, 15) is 8.42 Å². The van der Waals surface area contributed by atoms with E-state index in [1.807, 2.05) is 50.2 Å². The molecule has 1 aliphatic heterocycles. The highest BCUT2D eigenvalue weighted by Crippen LogP contribution is 2.14. The van der Waals surface area contributed by atoms with Crippen molar-refractivity contribution < 1.29 is 13.2 Å². The second-order valence-corrected chi connectivity index (χ2v) is 8.72. The van der Waals surface area contributed by atoms with Crippen LogP contribution in [-0.4, -0.2) is 63.8 Å². The number of aryl methyl sites for hydroxylation is 1. The molecule has 1 saturated heterocycles. The molecule has 9 nitrogen and oxygen atoms in total. The summed E-state index contributed by atoms with van der Waals surface area (Å²) in [4.78, 5) is 17.1. The van der Waals surface area contributed by atoms with E-state index in [0.29, 0.717) is 44.0 Å². The highest BCUT2D eigenvalue weighted by atomic mass is 32.2. The van der Waals surface area contributed by atoms with Crippen LogP contribution in [0.25, 0.3) is 0 Å². The normalized spacial score (nSPS) is 14.9. The van der Waals surface area contributed by atoms with Crippen LogP contribution in [0.15, 0.2) is 24.3 Å². The third kappa shape index (κ3) is 5.60. The second-order valence-electron chi connectivity index (χ2n) is 6.91. The van der Waals surface area contributed by atoms with Crippen LogP contribution in [0.4, 0.5) is 11.9 Å². The van der Waals surface area contributed by atoms with Gasteiger partial charge < -0.3 is 14.5 Å². The molecule has 0 aliphatic carbocycles. The Bertz CT molecular complexity index is 896. The molecule has 152 valence electrons. The molecule has 2 aromatic rings. The summed E-state index contributed by atoms with van der Waals surface area (Å²) in [7, 11) is 0.160. The van der Waals surface area contributed by atoms with Gasteiger partial charge in [-0.05, 0) is 12.5 Å². The number of hydrogen-bond donors (Lipinski definition) is 1. The van der Waals surface area contributed by atoms with Gasteiger partial charge in [-0.3, -0.25) is 0 Å². The topological polar surface area (TPSA) is 101 Å². The molecule has 0 radical (unpaired) electrons. The van der Waals surface area contributed by atoms with E-state index in [1.165, 1.54) is 0 Å². The summed E-state index contributed by atoms with van der Waals surface area (Å²) in [5.74, 6) is 1.32. The second kappa shape index (κ2) is 8.80. The first-order valence-corrected chi connectivity index (χ1v) is 10.8. The molecule has 2 heterocycles. The summed E-state index contributed by atoms with van der Waals surface area (Å²) in [5.41, 5.74) is 1.82. The average Bonchev–Trinajstić information content (AvgIpc) is 2.68. The summed E-state index contributed by atoms with van der Waals surface area (Å²) < 4.78 is 32.9. The molecule has 0 amide bonds. The fourth-order valence-corrected chi connectivity index (χ4v) is 3.79. The van der Waals surface area contributed by atoms with Gasteiger partial charge in [0.15, 0.2) is 5.82 Å². The van der Waals surface area contributed by atoms with Gasteiger partial charge in [0.1, 0.15) is 0 Å². The van der Waals surface area contributed by atoms with Gasteiger partial charge in [-0.2, -0.15) is 15.0 Å². The maximum atomic E-state index is 12.4. The zero-order valence-corrected chi connectivity index (χ0v) is 17.2. The summed E-state index contributed by atoms with van der Waals surface area (Å²) >= 11 is 0. The van der Waals surface area contributed by atoms with Crippen molar-refractivity contribution in [2.45, 2.75) is 19.2 Å². The average molecular weight is 407 g/mol. The third-order valence-corrected chi connectivity index (χ3v) is 5.58. The summed E-state index contributed by atoms with van der Waals surface area (Å²) in [5, 5.41) is 0. The van der Waals surface area contributed by atoms with Gasteiger partial charge in [-0.15, -0.1) is 0 Å². The van der Waals surface area contributed by atoms with Gasteiger partial charge >= 0.3 is 0 Å². The molecule has 10 heteroatoms. The van der Waals surface area contributed by atoms with Crippen LogP contribution in [0.3, 0.4) is 0 Å². The minimum atomic E-state index is -3.51. The summed E-state index contributed by atoms with van der Waals surface area (Å²) in [6.45, 7) is 4.58. The maximum absolute atomic E-state index is 12.4. The van der Waals surface area contributed by atoms with Crippen LogP contribution in [0.2, 0.25) is 0 Å². The Morgan fingerprint density at radius 2 is 1.79 bits per heavy atom. The molecule has 1 aromatic heterocycles. The lowest BCUT2D eigenvalue weighted by atomic mass is 10.2. The zero-order chi connectivity index (χ0) is 20.1. The molecule has 1 fully saturated rings. The van der Waals surface area contributed by atoms with Crippen LogP contribution in [0, 0.1) is 6.92 Å². The van der Waals surface area contributed by atoms with Crippen LogP contribution in [-0.2, 0) is 27.1 Å². The minimum Gasteiger partial charge on any atom is -0.378 e. The highest BCUT2D eigenvalue weighted by Gasteiger charge is 2.18. The van der Waals surface area contributed by atoms with E-state index in [2.05, 4.69) is 19.7 Å². The predicted octanol–water partition coefficient (Wildman–Crippen LogP) is 0.702. The Hall–Kier alpha value is -2.30. The molecule has 0 unspecified atom stereocenters. The molecule has 0 bridgehead atoms. The standard InChI is InChI=1S/C18H26N6O3S/c1-14-4-6-15(7-5-14)13-28(25,26)19-12-16-20-17(23(2)3)22-18(21-16)24-8-10-27-11-9-24/h4-7,19H,8-13H2,1-3H3. The van der Waals surface area contributed by atoms with E-state index in [1.54, 1.807) is 4.90 Å². The number of aromatic nitrogens is 3. The van der Waals surface area contributed by atoms with E-state index >= 15 is 0 Å². The Morgan fingerprint density at radius 1 is 1.11 bits per heavy atom. The quantitative estimate of drug-likeness (QED) is 0.717. The number of benzene rings is 1. The van der Waals surface area contributed by atoms with E-state index in [4.69, 9.17) is 4.74 Å². The minimum absolute atomic E-state index is 0.00882. The van der Waals surface area contributed by atoms with Crippen molar-refractivity contribution in [1.82, 2.24) is 19.7 Å². The molecule has 1 aliphatic rings. The monoisotopic (exact) mass is 406 g/mol. The van der Waals surface area contributed by atoms with Crippen molar-refractivity contribution >= 4 is 21.9 Å². The lowest BCUT2D eigenvalue weighted by Crippen LogP contribution is -2.38. The van der Waals surface area contributed by atoms with E-state index in [-0.39, 0.29) is 12.3 Å². The van der Waals surface area contributed by atoms with Crippen molar-refractivity contribution in [3.63, 3.8) is 0 Å². The molecule has 28 heavy (non-hydrogen) atoms. The van der Waals surface area contributed by atoms with Crippen LogP contribution >= 0.6 is 0 Å². The van der Waals surface area contributed by atoms with Crippen LogP contribution in [0.5, 0.6) is 0 Å². The fourth-order valence-electron chi connectivity index (χ4n) is 2.71. The molecule has 1 N–H and O–H groups in total. The Kier molecular flexibility index (Phi) is 6.42. The first-order valence-electron chi connectivity index (χ1n) is 9.10. The zero-order valence-electron chi connectivity index (χ0n) is 16.4. The van der Waals surface area contributed by atoms with E-state index < -0.39 is 10.0 Å². The summed E-state index contributed by atoms with van der Waals surface area (Å²) in [6, 6.07) is 7.43. The van der Waals surface area contributed by atoms with Crippen LogP contribution < -0.4 is 14.5 Å². The number of sulfonamides is 1. The molecule has 1 aromatic carbocycles. The van der Waals surface area contributed by atoms with Crippen molar-refractivity contribution in [1.29, 1.82) is 0 Å². The molecule has 0 spiro atoms. The number of nitrogens with zero attached hydrogens (tertiary/aromatic N) is 5. The first-order chi connectivity index (χ1) is 13.3. The Morgan fingerprint density at radius 3 is 2.43 bits per heavy atom. The van der Waals surface area contributed by atoms with Crippen molar-refractivity contribution in [3.05, 3.63) is 41.2 Å². The van der Waals surface area contributed by atoms with Gasteiger partial charge in [-0.25, -0.2) is 13.1 Å². The number of ether oxygens (including phenoxy) is 1. The van der Waals surface area contributed by atoms with Gasteiger partial charge in [0.2, 0.25) is 21.9 Å². The SMILES string of the molecule is Cc1ccc(CS(=O)(=O)NCc2nc(N(C)C)nc(N3CCOCC3)n2)cc1. The molecule has 3 rings (SSSR count). The molecule has 0 saturated carbocycles. The van der Waals surface area contributed by atoms with Gasteiger partial charge in [0.05, 0.1) is 25.5 Å². The third-order valence-electron chi connectivity index (χ3n) is 4.28. The van der Waals surface area contributed by atoms with Crippen LogP contribution in [0.1, 0.15) is 17.0 Å². The molecular weight excluding hydrogens is 380 g/mol. The lowest BCUT2D eigenvalue weighted by Gasteiger charge is -2.27. The number of morpholine rings is 1. The van der Waals surface area contributed by atoms with Gasteiger partial charge in [0, 0.05) is 27.2 Å². The maximum Gasteiger partial charge on any atom is 0.230 e. The fraction of sp³-hybridized carbons (Fsp3) is 0.500. The predicted molar refractivity (Wildman–Crippen MR) is 108 cm³/mol. The Balaban J connectivity index is 1.73. The van der Waals surface area contributed by atoms with Crippen molar-refractivity contribution in [2.24, 2.45) is 0 Å². The van der Waals surface area contributed by atoms with Crippen molar-refractivity contribution in [2.75, 3.05) is 50.2 Å². The number of anilines is 2. The number of hydrogen-bond acceptors (Lipinski definition) is 8. The van der Waals surface area contributed by atoms with Gasteiger partial charge in [-0.1, -0.05) is 29.8 Å². The molecular formula is C18H26N6O3S. The highest BCUT2D eigenvalue weighted by molar-refractivity contribution is 7.88. The molecule has 0 atom stereocenters. The Labute approximate surface area is 165 Å². The van der Waals surface area contributed by atoms with Crippen molar-refractivity contribution in [3.8, 4) is 0 Å². The first kappa shape index (κ1) is 20.4. The number of nitrogens with one attached hydrogen (secondary N) is 1. The lowest BCUT2D eigenvalue weighted by molar-refractivity contribution is 0.122. The number of rotatable bonds is 7. The van der Waals surface area contributed by atoms with E-state index in [0.717, 1.165) is 11.1 Å².